The molecular weight excluding hydrogens is 1140 g/mol. The van der Waals surface area contributed by atoms with Crippen molar-refractivity contribution in [2.45, 2.75) is 190 Å². The molecule has 2 saturated heterocycles. The molecule has 10 N–H and O–H groups in total. The maximum atomic E-state index is 13.1. The summed E-state index contributed by atoms with van der Waals surface area (Å²) in [6, 6.07) is 15.3. The van der Waals surface area contributed by atoms with Crippen LogP contribution in [0.2, 0.25) is 0 Å². The van der Waals surface area contributed by atoms with Crippen molar-refractivity contribution in [3.05, 3.63) is 117 Å². The summed E-state index contributed by atoms with van der Waals surface area (Å²) in [6.07, 6.45) is 2.62. The van der Waals surface area contributed by atoms with Gasteiger partial charge in [-0.1, -0.05) is 69.5 Å². The highest BCUT2D eigenvalue weighted by atomic mass is 16.6. The number of carbonyl (C=O) groups excluding carboxylic acids is 7. The Kier molecular flexibility index (Phi) is 20.2. The smallest absolute Gasteiger partial charge is 0.352 e. The fourth-order valence-electron chi connectivity index (χ4n) is 14.5. The molecule has 4 heterocycles. The molecular formula is C65H86N6O17. The Hall–Kier alpha value is -7.09. The van der Waals surface area contributed by atoms with Gasteiger partial charge in [0.25, 0.3) is 0 Å². The molecule has 0 unspecified atom stereocenters. The molecule has 2 fully saturated rings. The van der Waals surface area contributed by atoms with Crippen molar-refractivity contribution in [1.29, 1.82) is 0 Å². The fraction of sp³-hybridized carbons (Fsp3) is 0.554. The lowest BCUT2D eigenvalue weighted by molar-refractivity contribution is -0.175. The van der Waals surface area contributed by atoms with Crippen LogP contribution in [-0.4, -0.2) is 172 Å². The van der Waals surface area contributed by atoms with Gasteiger partial charge in [-0.2, -0.15) is 0 Å². The van der Waals surface area contributed by atoms with Crippen LogP contribution in [-0.2, 0) is 95.8 Å². The normalized spacial score (nSPS) is 27.4. The maximum Gasteiger partial charge on any atom is 0.352 e. The summed E-state index contributed by atoms with van der Waals surface area (Å²) in [5.41, 5.74) is 13.7. The van der Waals surface area contributed by atoms with E-state index < -0.39 is 82.4 Å². The molecule has 2 amide bonds. The summed E-state index contributed by atoms with van der Waals surface area (Å²) in [4.78, 5) is 90.8. The van der Waals surface area contributed by atoms with Gasteiger partial charge in [0.05, 0.1) is 60.2 Å². The molecule has 23 nitrogen and oxygen atoms in total. The highest BCUT2D eigenvalue weighted by molar-refractivity contribution is 5.84. The maximum absolute atomic E-state index is 13.1. The van der Waals surface area contributed by atoms with Gasteiger partial charge in [0, 0.05) is 66.7 Å². The number of hydrogen-bond donors (Lipinski definition) is 8. The molecule has 4 aliphatic carbocycles. The summed E-state index contributed by atoms with van der Waals surface area (Å²) >= 11 is 0. The Balaban J connectivity index is 0.000000223. The standard InChI is InChI=1S/C33H39N3O8.C30H39N3O9.2CH4/c1-19(42-26(38)11-14-35-30(39)23(34)16-20-6-4-3-5-7-20)31(40)43-24-10-12-33(41)25-17-21-8-9-22(18-37)28-27(21)32(33,29(24)44-28)13-15-36(25)2;1-16(35)20(31)6-7-23(36)32-12-9-24(37)40-17(2)28(38)41-21-8-10-30(39)22-14-18-4-5-19(15-34)26-25(18)29(30,27(21)42-26)11-13-33(22)3;;/h3-10,19,23,25,29,37,41H,11-18,34H2,1-2H3,(H,35,39);4-5,8,17,20,22,27,34,39H,6-7,9-15,31H2,1-3H3,(H,32,36);2*1H4/t19-,23-,25+,29-,32-,33+;17-,20-,22+,27-,29-,30+;;/m00../s1. The van der Waals surface area contributed by atoms with Gasteiger partial charge in [0.2, 0.25) is 11.8 Å². The Morgan fingerprint density at radius 1 is 0.659 bits per heavy atom. The van der Waals surface area contributed by atoms with Gasteiger partial charge < -0.3 is 80.7 Å². The third kappa shape index (κ3) is 11.7. The number of ether oxygens (including phenoxy) is 6. The van der Waals surface area contributed by atoms with E-state index >= 15 is 0 Å². The second-order valence-electron chi connectivity index (χ2n) is 24.1. The molecule has 2 spiro atoms. The summed E-state index contributed by atoms with van der Waals surface area (Å²) in [6.45, 7) is 5.17. The van der Waals surface area contributed by atoms with Crippen LogP contribution < -0.4 is 31.6 Å². The monoisotopic (exact) mass is 1220 g/mol. The van der Waals surface area contributed by atoms with E-state index in [1.165, 1.54) is 20.8 Å². The number of hydrogen-bond acceptors (Lipinski definition) is 21. The van der Waals surface area contributed by atoms with Crippen LogP contribution in [0.1, 0.15) is 126 Å². The number of benzene rings is 3. The van der Waals surface area contributed by atoms with Gasteiger partial charge in [0.15, 0.2) is 24.4 Å². The van der Waals surface area contributed by atoms with Crippen LogP contribution in [0.3, 0.4) is 0 Å². The van der Waals surface area contributed by atoms with Crippen LogP contribution >= 0.6 is 0 Å². The van der Waals surface area contributed by atoms with Crippen molar-refractivity contribution in [3.8, 4) is 11.5 Å². The minimum atomic E-state index is -1.23. The lowest BCUT2D eigenvalue weighted by atomic mass is 9.50. The van der Waals surface area contributed by atoms with Crippen LogP contribution in [0.5, 0.6) is 11.5 Å². The van der Waals surface area contributed by atoms with E-state index in [9.17, 15) is 54.0 Å². The molecule has 3 aromatic carbocycles. The van der Waals surface area contributed by atoms with E-state index in [0.29, 0.717) is 61.3 Å². The molecule has 0 saturated carbocycles. The topological polar surface area (TPSA) is 338 Å². The number of nitrogens with one attached hydrogen (secondary N) is 2. The van der Waals surface area contributed by atoms with E-state index in [0.717, 1.165) is 34.4 Å². The van der Waals surface area contributed by atoms with Gasteiger partial charge in [-0.25, -0.2) is 9.59 Å². The van der Waals surface area contributed by atoms with E-state index in [1.807, 2.05) is 68.7 Å². The second kappa shape index (κ2) is 26.5. The first-order chi connectivity index (χ1) is 41.0. The number of esters is 4. The summed E-state index contributed by atoms with van der Waals surface area (Å²) in [5.74, 6) is -2.28. The van der Waals surface area contributed by atoms with Crippen molar-refractivity contribution < 1.29 is 82.4 Å². The number of aliphatic hydroxyl groups is 4. The quantitative estimate of drug-likeness (QED) is 0.0561. The molecule has 23 heteroatoms. The van der Waals surface area contributed by atoms with Crippen molar-refractivity contribution >= 4 is 41.5 Å². The molecule has 478 valence electrons. The van der Waals surface area contributed by atoms with Crippen LogP contribution in [0.4, 0.5) is 0 Å². The highest BCUT2D eigenvalue weighted by Crippen LogP contribution is 2.66. The molecule has 11 rings (SSSR count). The fourth-order valence-corrected chi connectivity index (χ4v) is 14.5. The zero-order valence-electron chi connectivity index (χ0n) is 49.1. The minimum absolute atomic E-state index is 0. The van der Waals surface area contributed by atoms with Gasteiger partial charge >= 0.3 is 23.9 Å². The summed E-state index contributed by atoms with van der Waals surface area (Å²) < 4.78 is 35.1. The number of likely N-dealkylation sites (tertiary alicyclic amines) is 2. The first kappa shape index (κ1) is 66.9. The average Bonchev–Trinajstić information content (AvgIpc) is 1.40. The Morgan fingerprint density at radius 2 is 1.11 bits per heavy atom. The van der Waals surface area contributed by atoms with Crippen molar-refractivity contribution in [2.24, 2.45) is 11.5 Å². The lowest BCUT2D eigenvalue weighted by Gasteiger charge is -2.61. The first-order valence-electron chi connectivity index (χ1n) is 29.5. The predicted octanol–water partition coefficient (Wildman–Crippen LogP) is 2.41. The number of Topliss-reactive ketones (excluding diaryl/α,β-unsaturated/α-hetero) is 1. The van der Waals surface area contributed by atoms with Crippen molar-refractivity contribution in [3.63, 3.8) is 0 Å². The van der Waals surface area contributed by atoms with Gasteiger partial charge in [0.1, 0.15) is 28.8 Å². The molecule has 4 bridgehead atoms. The molecule has 0 radical (unpaired) electrons. The Morgan fingerprint density at radius 3 is 1.56 bits per heavy atom. The zero-order valence-corrected chi connectivity index (χ0v) is 49.1. The van der Waals surface area contributed by atoms with Crippen LogP contribution in [0.25, 0.3) is 0 Å². The number of nitrogens with two attached hydrogens (primary N) is 2. The molecule has 3 aromatic rings. The number of carbonyl (C=O) groups is 7. The average molecular weight is 1220 g/mol. The SMILES string of the molecule is C.C.CC(=O)[C@@H](N)CCC(=O)NCCC(=O)O[C@@H](C)C(=O)OC1=CC[C@@]2(O)[C@H]3Cc4ccc(CO)c5c4[C@@]2(CCN3C)[C@H]1O5.C[C@H](OC(=O)CCNC(=O)[C@@H](N)Cc1ccccc1)C(=O)OC1=CC[C@@]2(O)[C@H]3Cc4ccc(CO)c5c4[C@@]2(CCN3C)[C@H]1O5. The van der Waals surface area contributed by atoms with Crippen molar-refractivity contribution in [2.75, 3.05) is 40.3 Å². The van der Waals surface area contributed by atoms with Gasteiger partial charge in [-0.05, 0) is 115 Å². The molecule has 8 aliphatic rings. The van der Waals surface area contributed by atoms with Gasteiger partial charge in [-0.3, -0.25) is 24.0 Å². The number of amides is 2. The Bertz CT molecular complexity index is 3250. The number of rotatable bonds is 21. The van der Waals surface area contributed by atoms with E-state index in [4.69, 9.17) is 39.9 Å². The zero-order chi connectivity index (χ0) is 61.6. The van der Waals surface area contributed by atoms with E-state index in [-0.39, 0.29) is 121 Å². The molecule has 12 atom stereocenters. The third-order valence-corrected chi connectivity index (χ3v) is 19.1. The molecule has 4 aliphatic heterocycles. The van der Waals surface area contributed by atoms with Gasteiger partial charge in [-0.15, -0.1) is 0 Å². The number of likely N-dealkylation sites (N-methyl/N-ethyl adjacent to an activating group) is 2. The molecule has 88 heavy (non-hydrogen) atoms. The molecule has 0 aromatic heterocycles. The number of piperidine rings is 2. The predicted molar refractivity (Wildman–Crippen MR) is 320 cm³/mol. The summed E-state index contributed by atoms with van der Waals surface area (Å²) in [7, 11) is 4.01. The van der Waals surface area contributed by atoms with E-state index in [2.05, 4.69) is 20.4 Å². The Labute approximate surface area is 513 Å². The van der Waals surface area contributed by atoms with Crippen LogP contribution in [0.15, 0.2) is 78.3 Å². The highest BCUT2D eigenvalue weighted by Gasteiger charge is 2.73. The first-order valence-corrected chi connectivity index (χ1v) is 29.5. The van der Waals surface area contributed by atoms with Crippen molar-refractivity contribution in [1.82, 2.24) is 20.4 Å². The summed E-state index contributed by atoms with van der Waals surface area (Å²) in [5, 5.41) is 49.8. The number of ketones is 1. The minimum Gasteiger partial charge on any atom is -0.481 e. The van der Waals surface area contributed by atoms with E-state index in [1.54, 1.807) is 12.2 Å². The second-order valence-corrected chi connectivity index (χ2v) is 24.1. The number of nitrogens with zero attached hydrogens (tertiary/aromatic N) is 2. The van der Waals surface area contributed by atoms with Crippen LogP contribution in [0, 0.1) is 0 Å². The third-order valence-electron chi connectivity index (χ3n) is 19.1. The lowest BCUT2D eigenvalue weighted by Crippen LogP contribution is -2.74. The largest absolute Gasteiger partial charge is 0.481 e. The number of aliphatic hydroxyl groups excluding tert-OH is 2.